The number of rotatable bonds is 1. The lowest BCUT2D eigenvalue weighted by atomic mass is 10.0. The van der Waals surface area contributed by atoms with Crippen molar-refractivity contribution >= 4 is 17.3 Å². The zero-order valence-corrected chi connectivity index (χ0v) is 10.1. The fourth-order valence-corrected chi connectivity index (χ4v) is 2.47. The molecule has 0 aliphatic carbocycles. The predicted molar refractivity (Wildman–Crippen MR) is 64.6 cm³/mol. The molecule has 2 heterocycles. The lowest BCUT2D eigenvalue weighted by Gasteiger charge is -2.36. The number of anilines is 1. The number of nitrogens with zero attached hydrogens (tertiary/aromatic N) is 2. The van der Waals surface area contributed by atoms with Crippen LogP contribution in [0.15, 0.2) is 12.1 Å². The number of hydrogen-bond acceptors (Lipinski definition) is 2. The first-order valence-electron chi connectivity index (χ1n) is 5.58. The minimum absolute atomic E-state index is 0.584. The molecule has 0 aromatic carbocycles. The number of pyridine rings is 1. The van der Waals surface area contributed by atoms with Crippen LogP contribution >= 0.6 is 11.6 Å². The van der Waals surface area contributed by atoms with E-state index in [0.717, 1.165) is 12.2 Å². The van der Waals surface area contributed by atoms with Gasteiger partial charge in [-0.1, -0.05) is 11.6 Å². The maximum absolute atomic E-state index is 5.86. The number of hydrogen-bond donors (Lipinski definition) is 0. The van der Waals surface area contributed by atoms with Crippen molar-refractivity contribution < 1.29 is 0 Å². The highest BCUT2D eigenvalue weighted by atomic mass is 35.5. The molecular formula is C12H17ClN2. The highest BCUT2D eigenvalue weighted by Gasteiger charge is 2.20. The maximum atomic E-state index is 5.86. The van der Waals surface area contributed by atoms with Crippen LogP contribution in [0, 0.1) is 6.92 Å². The molecule has 1 aromatic heterocycles. The van der Waals surface area contributed by atoms with E-state index in [1.807, 2.05) is 13.0 Å². The van der Waals surface area contributed by atoms with Crippen LogP contribution in [0.4, 0.5) is 5.69 Å². The first-order chi connectivity index (χ1) is 7.18. The molecule has 0 amide bonds. The molecular weight excluding hydrogens is 208 g/mol. The van der Waals surface area contributed by atoms with Crippen molar-refractivity contribution in [3.8, 4) is 0 Å². The molecule has 1 atom stereocenters. The molecule has 1 saturated heterocycles. The van der Waals surface area contributed by atoms with Crippen LogP contribution in [0.3, 0.4) is 0 Å². The van der Waals surface area contributed by atoms with Gasteiger partial charge < -0.3 is 4.90 Å². The van der Waals surface area contributed by atoms with Gasteiger partial charge in [-0.3, -0.25) is 0 Å². The van der Waals surface area contributed by atoms with Crippen molar-refractivity contribution in [2.75, 3.05) is 11.4 Å². The van der Waals surface area contributed by atoms with Crippen molar-refractivity contribution in [1.29, 1.82) is 0 Å². The van der Waals surface area contributed by atoms with Crippen molar-refractivity contribution in [2.24, 2.45) is 0 Å². The van der Waals surface area contributed by atoms with Crippen LogP contribution in [0.5, 0.6) is 0 Å². The second-order valence-corrected chi connectivity index (χ2v) is 4.66. The van der Waals surface area contributed by atoms with E-state index in [1.165, 1.54) is 24.9 Å². The van der Waals surface area contributed by atoms with Gasteiger partial charge in [-0.15, -0.1) is 0 Å². The summed E-state index contributed by atoms with van der Waals surface area (Å²) < 4.78 is 0. The van der Waals surface area contributed by atoms with E-state index >= 15 is 0 Å². The summed E-state index contributed by atoms with van der Waals surface area (Å²) in [6.45, 7) is 5.46. The summed E-state index contributed by atoms with van der Waals surface area (Å²) in [7, 11) is 0. The van der Waals surface area contributed by atoms with Crippen LogP contribution in [-0.2, 0) is 0 Å². The summed E-state index contributed by atoms with van der Waals surface area (Å²) in [5.74, 6) is 0. The summed E-state index contributed by atoms with van der Waals surface area (Å²) in [5.41, 5.74) is 2.28. The first-order valence-corrected chi connectivity index (χ1v) is 5.96. The second kappa shape index (κ2) is 4.40. The Balaban J connectivity index is 2.27. The number of aromatic nitrogens is 1. The van der Waals surface area contributed by atoms with Gasteiger partial charge in [0.15, 0.2) is 0 Å². The zero-order valence-electron chi connectivity index (χ0n) is 9.33. The molecule has 1 aliphatic heterocycles. The second-order valence-electron chi connectivity index (χ2n) is 4.28. The van der Waals surface area contributed by atoms with Crippen LogP contribution in [0.25, 0.3) is 0 Å². The van der Waals surface area contributed by atoms with Gasteiger partial charge in [0.2, 0.25) is 0 Å². The van der Waals surface area contributed by atoms with Crippen LogP contribution in [0.1, 0.15) is 31.9 Å². The van der Waals surface area contributed by atoms with E-state index in [-0.39, 0.29) is 0 Å². The molecule has 0 saturated carbocycles. The summed E-state index contributed by atoms with van der Waals surface area (Å²) >= 11 is 5.86. The summed E-state index contributed by atoms with van der Waals surface area (Å²) in [6, 6.07) is 4.60. The van der Waals surface area contributed by atoms with Crippen LogP contribution in [0.2, 0.25) is 5.15 Å². The molecule has 0 N–H and O–H groups in total. The molecule has 15 heavy (non-hydrogen) atoms. The molecule has 3 heteroatoms. The van der Waals surface area contributed by atoms with Gasteiger partial charge in [0, 0.05) is 12.6 Å². The average molecular weight is 225 g/mol. The van der Waals surface area contributed by atoms with E-state index in [9.17, 15) is 0 Å². The normalized spacial score (nSPS) is 21.8. The Morgan fingerprint density at radius 3 is 2.87 bits per heavy atom. The summed E-state index contributed by atoms with van der Waals surface area (Å²) in [4.78, 5) is 6.75. The van der Waals surface area contributed by atoms with Gasteiger partial charge in [0.1, 0.15) is 5.15 Å². The molecule has 1 aromatic rings. The molecule has 1 fully saturated rings. The predicted octanol–water partition coefficient (Wildman–Crippen LogP) is 3.42. The van der Waals surface area contributed by atoms with E-state index in [4.69, 9.17) is 11.6 Å². The summed E-state index contributed by atoms with van der Waals surface area (Å²) in [5, 5.41) is 0.584. The van der Waals surface area contributed by atoms with E-state index < -0.39 is 0 Å². The Bertz CT molecular complexity index is 351. The fraction of sp³-hybridized carbons (Fsp3) is 0.583. The largest absolute Gasteiger partial charge is 0.367 e. The monoisotopic (exact) mass is 224 g/mol. The van der Waals surface area contributed by atoms with Crippen molar-refractivity contribution in [1.82, 2.24) is 4.98 Å². The zero-order chi connectivity index (χ0) is 10.8. The Hall–Kier alpha value is -0.760. The van der Waals surface area contributed by atoms with Crippen molar-refractivity contribution in [2.45, 2.75) is 39.2 Å². The van der Waals surface area contributed by atoms with E-state index in [2.05, 4.69) is 22.9 Å². The third-order valence-electron chi connectivity index (χ3n) is 3.14. The van der Waals surface area contributed by atoms with Crippen molar-refractivity contribution in [3.63, 3.8) is 0 Å². The minimum Gasteiger partial charge on any atom is -0.367 e. The topological polar surface area (TPSA) is 16.1 Å². The molecule has 2 nitrogen and oxygen atoms in total. The molecule has 0 bridgehead atoms. The highest BCUT2D eigenvalue weighted by molar-refractivity contribution is 6.29. The Morgan fingerprint density at radius 2 is 2.20 bits per heavy atom. The first kappa shape index (κ1) is 10.7. The average Bonchev–Trinajstić information content (AvgIpc) is 2.20. The Kier molecular flexibility index (Phi) is 3.15. The molecule has 0 radical (unpaired) electrons. The molecule has 2 rings (SSSR count). The smallest absolute Gasteiger partial charge is 0.129 e. The molecule has 1 unspecified atom stereocenters. The quantitative estimate of drug-likeness (QED) is 0.680. The third-order valence-corrected chi connectivity index (χ3v) is 3.35. The SMILES string of the molecule is Cc1nc(Cl)ccc1N1CCCCC1C. The van der Waals surface area contributed by atoms with Gasteiger partial charge in [0.05, 0.1) is 11.4 Å². The minimum atomic E-state index is 0.584. The Labute approximate surface area is 96.3 Å². The van der Waals surface area contributed by atoms with E-state index in [1.54, 1.807) is 0 Å². The third kappa shape index (κ3) is 2.25. The van der Waals surface area contributed by atoms with Gasteiger partial charge in [-0.05, 0) is 45.2 Å². The lowest BCUT2D eigenvalue weighted by molar-refractivity contribution is 0.483. The van der Waals surface area contributed by atoms with Crippen LogP contribution in [-0.4, -0.2) is 17.6 Å². The Morgan fingerprint density at radius 1 is 1.40 bits per heavy atom. The molecule has 0 spiro atoms. The number of piperidine rings is 1. The lowest BCUT2D eigenvalue weighted by Crippen LogP contribution is -2.37. The molecule has 82 valence electrons. The van der Waals surface area contributed by atoms with Gasteiger partial charge in [-0.25, -0.2) is 4.98 Å². The standard InChI is InChI=1S/C12H17ClN2/c1-9-5-3-4-8-15(9)11-6-7-12(13)14-10(11)2/h6-7,9H,3-5,8H2,1-2H3. The number of aryl methyl sites for hydroxylation is 1. The van der Waals surface area contributed by atoms with Crippen LogP contribution < -0.4 is 4.90 Å². The highest BCUT2D eigenvalue weighted by Crippen LogP contribution is 2.27. The molecule has 1 aliphatic rings. The fourth-order valence-electron chi connectivity index (χ4n) is 2.28. The van der Waals surface area contributed by atoms with Crippen molar-refractivity contribution in [3.05, 3.63) is 23.0 Å². The van der Waals surface area contributed by atoms with Gasteiger partial charge >= 0.3 is 0 Å². The summed E-state index contributed by atoms with van der Waals surface area (Å²) in [6.07, 6.45) is 3.91. The number of halogens is 1. The van der Waals surface area contributed by atoms with E-state index in [0.29, 0.717) is 11.2 Å². The van der Waals surface area contributed by atoms with Gasteiger partial charge in [-0.2, -0.15) is 0 Å². The van der Waals surface area contributed by atoms with Gasteiger partial charge in [0.25, 0.3) is 0 Å². The maximum Gasteiger partial charge on any atom is 0.129 e.